The molecule has 1 aromatic rings. The molecule has 2 nitrogen and oxygen atoms in total. The highest BCUT2D eigenvalue weighted by atomic mass is 79.9. The average Bonchev–Trinajstić information content (AvgIpc) is 2.15. The SMILES string of the molecule is CCOCCOc1c(F)cc(F)cc1Br. The lowest BCUT2D eigenvalue weighted by molar-refractivity contribution is 0.108. The van der Waals surface area contributed by atoms with Crippen LogP contribution in [0.15, 0.2) is 16.6 Å². The lowest BCUT2D eigenvalue weighted by Gasteiger charge is -2.09. The van der Waals surface area contributed by atoms with E-state index in [1.165, 1.54) is 0 Å². The van der Waals surface area contributed by atoms with Crippen LogP contribution in [0.25, 0.3) is 0 Å². The molecule has 1 rings (SSSR count). The van der Waals surface area contributed by atoms with E-state index in [0.717, 1.165) is 12.1 Å². The molecule has 0 aromatic heterocycles. The van der Waals surface area contributed by atoms with Gasteiger partial charge < -0.3 is 9.47 Å². The van der Waals surface area contributed by atoms with Gasteiger partial charge in [-0.05, 0) is 28.9 Å². The Morgan fingerprint density at radius 1 is 1.27 bits per heavy atom. The first-order chi connectivity index (χ1) is 7.15. The van der Waals surface area contributed by atoms with Crippen molar-refractivity contribution in [2.75, 3.05) is 19.8 Å². The zero-order chi connectivity index (χ0) is 11.3. The summed E-state index contributed by atoms with van der Waals surface area (Å²) < 4.78 is 36.3. The summed E-state index contributed by atoms with van der Waals surface area (Å²) in [7, 11) is 0. The van der Waals surface area contributed by atoms with Gasteiger partial charge in [0.05, 0.1) is 11.1 Å². The number of hydrogen-bond donors (Lipinski definition) is 0. The van der Waals surface area contributed by atoms with Gasteiger partial charge in [-0.15, -0.1) is 0 Å². The van der Waals surface area contributed by atoms with Crippen LogP contribution in [0.3, 0.4) is 0 Å². The summed E-state index contributed by atoms with van der Waals surface area (Å²) in [5.41, 5.74) is 0. The van der Waals surface area contributed by atoms with Crippen LogP contribution in [0.1, 0.15) is 6.92 Å². The van der Waals surface area contributed by atoms with E-state index in [9.17, 15) is 8.78 Å². The van der Waals surface area contributed by atoms with Gasteiger partial charge in [-0.2, -0.15) is 0 Å². The third kappa shape index (κ3) is 3.76. The van der Waals surface area contributed by atoms with Crippen LogP contribution < -0.4 is 4.74 Å². The zero-order valence-electron chi connectivity index (χ0n) is 8.23. The van der Waals surface area contributed by atoms with Crippen molar-refractivity contribution >= 4 is 15.9 Å². The summed E-state index contributed by atoms with van der Waals surface area (Å²) in [4.78, 5) is 0. The number of benzene rings is 1. The van der Waals surface area contributed by atoms with Crippen LogP contribution in [0.2, 0.25) is 0 Å². The Balaban J connectivity index is 2.60. The third-order valence-electron chi connectivity index (χ3n) is 1.64. The molecule has 0 spiro atoms. The molecule has 15 heavy (non-hydrogen) atoms. The zero-order valence-corrected chi connectivity index (χ0v) is 9.81. The second-order valence-electron chi connectivity index (χ2n) is 2.74. The predicted octanol–water partition coefficient (Wildman–Crippen LogP) is 3.14. The van der Waals surface area contributed by atoms with Gasteiger partial charge in [0.25, 0.3) is 0 Å². The molecule has 5 heteroatoms. The van der Waals surface area contributed by atoms with Crippen LogP contribution in [-0.2, 0) is 4.74 Å². The van der Waals surface area contributed by atoms with Crippen molar-refractivity contribution in [2.24, 2.45) is 0 Å². The molecular weight excluding hydrogens is 270 g/mol. The Morgan fingerprint density at radius 2 is 2.00 bits per heavy atom. The maximum atomic E-state index is 13.2. The Morgan fingerprint density at radius 3 is 2.60 bits per heavy atom. The lowest BCUT2D eigenvalue weighted by Crippen LogP contribution is -2.07. The molecule has 0 fully saturated rings. The van der Waals surface area contributed by atoms with Crippen molar-refractivity contribution < 1.29 is 18.3 Å². The van der Waals surface area contributed by atoms with E-state index in [1.54, 1.807) is 0 Å². The van der Waals surface area contributed by atoms with Crippen molar-refractivity contribution in [2.45, 2.75) is 6.92 Å². The minimum Gasteiger partial charge on any atom is -0.487 e. The Kier molecular flexibility index (Phi) is 4.98. The van der Waals surface area contributed by atoms with Crippen LogP contribution in [0.4, 0.5) is 8.78 Å². The fourth-order valence-corrected chi connectivity index (χ4v) is 1.54. The molecule has 0 radical (unpaired) electrons. The molecule has 0 amide bonds. The van der Waals surface area contributed by atoms with E-state index < -0.39 is 11.6 Å². The summed E-state index contributed by atoms with van der Waals surface area (Å²) in [6.07, 6.45) is 0. The number of ether oxygens (including phenoxy) is 2. The predicted molar refractivity (Wildman–Crippen MR) is 56.0 cm³/mol. The first kappa shape index (κ1) is 12.4. The van der Waals surface area contributed by atoms with E-state index in [1.807, 2.05) is 6.92 Å². The smallest absolute Gasteiger partial charge is 0.169 e. The first-order valence-electron chi connectivity index (χ1n) is 4.50. The standard InChI is InChI=1S/C10H11BrF2O2/c1-2-14-3-4-15-10-8(11)5-7(12)6-9(10)13/h5-6H,2-4H2,1H3. The van der Waals surface area contributed by atoms with Crippen molar-refractivity contribution in [3.8, 4) is 5.75 Å². The van der Waals surface area contributed by atoms with Gasteiger partial charge in [-0.25, -0.2) is 8.78 Å². The van der Waals surface area contributed by atoms with E-state index in [2.05, 4.69) is 15.9 Å². The molecule has 0 bridgehead atoms. The fraction of sp³-hybridized carbons (Fsp3) is 0.400. The van der Waals surface area contributed by atoms with Gasteiger partial charge in [0.1, 0.15) is 12.4 Å². The van der Waals surface area contributed by atoms with Gasteiger partial charge in [-0.3, -0.25) is 0 Å². The molecule has 0 aliphatic rings. The van der Waals surface area contributed by atoms with Gasteiger partial charge in [0, 0.05) is 12.7 Å². The highest BCUT2D eigenvalue weighted by Gasteiger charge is 2.10. The summed E-state index contributed by atoms with van der Waals surface area (Å²) in [6.45, 7) is 3.04. The van der Waals surface area contributed by atoms with E-state index in [4.69, 9.17) is 9.47 Å². The molecular formula is C10H11BrF2O2. The van der Waals surface area contributed by atoms with Crippen LogP contribution in [0, 0.1) is 11.6 Å². The maximum Gasteiger partial charge on any atom is 0.169 e. The summed E-state index contributed by atoms with van der Waals surface area (Å²) in [6, 6.07) is 1.93. The Bertz CT molecular complexity index is 308. The number of hydrogen-bond acceptors (Lipinski definition) is 2. The Hall–Kier alpha value is -0.680. The normalized spacial score (nSPS) is 10.4. The fourth-order valence-electron chi connectivity index (χ4n) is 1.01. The second-order valence-corrected chi connectivity index (χ2v) is 3.60. The van der Waals surface area contributed by atoms with E-state index >= 15 is 0 Å². The maximum absolute atomic E-state index is 13.2. The van der Waals surface area contributed by atoms with Gasteiger partial charge in [-0.1, -0.05) is 0 Å². The average molecular weight is 281 g/mol. The Labute approximate surface area is 95.3 Å². The van der Waals surface area contributed by atoms with E-state index in [-0.39, 0.29) is 16.8 Å². The second kappa shape index (κ2) is 6.02. The molecule has 0 saturated heterocycles. The molecule has 84 valence electrons. The largest absolute Gasteiger partial charge is 0.487 e. The van der Waals surface area contributed by atoms with Crippen molar-refractivity contribution in [3.05, 3.63) is 28.2 Å². The summed E-state index contributed by atoms with van der Waals surface area (Å²) in [5, 5.41) is 0. The van der Waals surface area contributed by atoms with Gasteiger partial charge >= 0.3 is 0 Å². The minimum absolute atomic E-state index is 0.0103. The molecule has 0 aliphatic heterocycles. The summed E-state index contributed by atoms with van der Waals surface area (Å²) >= 11 is 3.02. The molecule has 0 aliphatic carbocycles. The van der Waals surface area contributed by atoms with Crippen LogP contribution >= 0.6 is 15.9 Å². The third-order valence-corrected chi connectivity index (χ3v) is 2.23. The van der Waals surface area contributed by atoms with Crippen molar-refractivity contribution in [1.82, 2.24) is 0 Å². The highest BCUT2D eigenvalue weighted by Crippen LogP contribution is 2.29. The van der Waals surface area contributed by atoms with Crippen LogP contribution in [0.5, 0.6) is 5.75 Å². The summed E-state index contributed by atoms with van der Waals surface area (Å²) in [5.74, 6) is -1.36. The van der Waals surface area contributed by atoms with E-state index in [0.29, 0.717) is 13.2 Å². The molecule has 0 saturated carbocycles. The molecule has 1 aromatic carbocycles. The lowest BCUT2D eigenvalue weighted by atomic mass is 10.3. The number of halogens is 3. The molecule has 0 heterocycles. The molecule has 0 atom stereocenters. The van der Waals surface area contributed by atoms with Gasteiger partial charge in [0.15, 0.2) is 11.6 Å². The minimum atomic E-state index is -0.724. The first-order valence-corrected chi connectivity index (χ1v) is 5.29. The van der Waals surface area contributed by atoms with Gasteiger partial charge in [0.2, 0.25) is 0 Å². The monoisotopic (exact) mass is 280 g/mol. The quantitative estimate of drug-likeness (QED) is 0.772. The molecule has 0 unspecified atom stereocenters. The van der Waals surface area contributed by atoms with Crippen LogP contribution in [-0.4, -0.2) is 19.8 Å². The highest BCUT2D eigenvalue weighted by molar-refractivity contribution is 9.10. The topological polar surface area (TPSA) is 18.5 Å². The molecule has 0 N–H and O–H groups in total. The van der Waals surface area contributed by atoms with Crippen molar-refractivity contribution in [1.29, 1.82) is 0 Å². The number of rotatable bonds is 5. The van der Waals surface area contributed by atoms with Crippen molar-refractivity contribution in [3.63, 3.8) is 0 Å².